The van der Waals surface area contributed by atoms with Crippen molar-refractivity contribution in [2.24, 2.45) is 0 Å². The minimum absolute atomic E-state index is 0.0891. The van der Waals surface area contributed by atoms with Gasteiger partial charge in [0, 0.05) is 18.8 Å². The molecular formula is C16H24O6. The smallest absolute Gasteiger partial charge is 0.339 e. The first-order valence-corrected chi connectivity index (χ1v) is 7.33. The van der Waals surface area contributed by atoms with Crippen molar-refractivity contribution in [1.82, 2.24) is 0 Å². The number of esters is 1. The van der Waals surface area contributed by atoms with Gasteiger partial charge in [-0.05, 0) is 25.8 Å². The zero-order valence-corrected chi connectivity index (χ0v) is 13.0. The minimum atomic E-state index is -1.29. The molecule has 1 heterocycles. The van der Waals surface area contributed by atoms with Gasteiger partial charge >= 0.3 is 5.97 Å². The molecule has 1 aromatic carbocycles. The molecule has 0 spiro atoms. The summed E-state index contributed by atoms with van der Waals surface area (Å²) < 4.78 is 14.7. The zero-order chi connectivity index (χ0) is 16.4. The van der Waals surface area contributed by atoms with Gasteiger partial charge in [0.15, 0.2) is 6.10 Å². The van der Waals surface area contributed by atoms with Crippen LogP contribution in [0.15, 0.2) is 24.3 Å². The summed E-state index contributed by atoms with van der Waals surface area (Å²) in [6.07, 6.45) is 0.259. The lowest BCUT2D eigenvalue weighted by molar-refractivity contribution is -0.153. The van der Waals surface area contributed by atoms with E-state index in [2.05, 4.69) is 0 Å². The Labute approximate surface area is 130 Å². The van der Waals surface area contributed by atoms with E-state index in [4.69, 9.17) is 19.3 Å². The Morgan fingerprint density at radius 2 is 2.00 bits per heavy atom. The van der Waals surface area contributed by atoms with Crippen molar-refractivity contribution >= 4 is 5.97 Å². The number of para-hydroxylation sites is 1. The van der Waals surface area contributed by atoms with Crippen molar-refractivity contribution in [2.75, 3.05) is 26.9 Å². The van der Waals surface area contributed by atoms with E-state index in [1.807, 2.05) is 0 Å². The standard InChI is InChI=1S/C11H14O4.C5H10O2/c1-3-15-11(13)10(12)8-6-4-5-7-9(8)14-2;6-5-1-3-7-4-2-5/h4-7,10,12H,3H2,1-2H3;5-6H,1-4H2. The number of carbonyl (C=O) groups is 1. The van der Waals surface area contributed by atoms with E-state index in [0.717, 1.165) is 26.1 Å². The highest BCUT2D eigenvalue weighted by atomic mass is 16.5. The predicted molar refractivity (Wildman–Crippen MR) is 80.6 cm³/mol. The van der Waals surface area contributed by atoms with Crippen LogP contribution in [0, 0.1) is 0 Å². The monoisotopic (exact) mass is 312 g/mol. The fourth-order valence-corrected chi connectivity index (χ4v) is 1.93. The maximum atomic E-state index is 11.3. The minimum Gasteiger partial charge on any atom is -0.496 e. The predicted octanol–water partition coefficient (Wildman–Crippen LogP) is 1.45. The van der Waals surface area contributed by atoms with Crippen LogP contribution in [0.5, 0.6) is 5.75 Å². The largest absolute Gasteiger partial charge is 0.496 e. The van der Waals surface area contributed by atoms with E-state index in [0.29, 0.717) is 11.3 Å². The van der Waals surface area contributed by atoms with Gasteiger partial charge in [-0.3, -0.25) is 0 Å². The fourth-order valence-electron chi connectivity index (χ4n) is 1.93. The number of hydrogen-bond donors (Lipinski definition) is 2. The Kier molecular flexibility index (Phi) is 8.50. The van der Waals surface area contributed by atoms with Gasteiger partial charge in [-0.2, -0.15) is 0 Å². The normalized spacial score (nSPS) is 16.2. The van der Waals surface area contributed by atoms with Gasteiger partial charge in [-0.25, -0.2) is 4.79 Å². The summed E-state index contributed by atoms with van der Waals surface area (Å²) in [5.41, 5.74) is 0.415. The first-order valence-electron chi connectivity index (χ1n) is 7.33. The molecule has 0 amide bonds. The van der Waals surface area contributed by atoms with E-state index in [9.17, 15) is 9.90 Å². The van der Waals surface area contributed by atoms with Crippen LogP contribution in [0.2, 0.25) is 0 Å². The summed E-state index contributed by atoms with van der Waals surface area (Å²) >= 11 is 0. The number of aliphatic hydroxyl groups is 2. The molecule has 124 valence electrons. The van der Waals surface area contributed by atoms with Crippen molar-refractivity contribution in [3.63, 3.8) is 0 Å². The quantitative estimate of drug-likeness (QED) is 0.819. The highest BCUT2D eigenvalue weighted by Crippen LogP contribution is 2.25. The number of ether oxygens (including phenoxy) is 3. The average molecular weight is 312 g/mol. The molecule has 1 aliphatic rings. The molecule has 2 N–H and O–H groups in total. The van der Waals surface area contributed by atoms with Crippen molar-refractivity contribution in [3.05, 3.63) is 29.8 Å². The summed E-state index contributed by atoms with van der Waals surface area (Å²) in [5, 5.41) is 18.5. The molecule has 1 atom stereocenters. The molecule has 1 aromatic rings. The van der Waals surface area contributed by atoms with Crippen LogP contribution in [0.1, 0.15) is 31.4 Å². The third-order valence-corrected chi connectivity index (χ3v) is 3.13. The summed E-state index contributed by atoms with van der Waals surface area (Å²) in [4.78, 5) is 11.3. The summed E-state index contributed by atoms with van der Waals surface area (Å²) in [6, 6.07) is 6.79. The van der Waals surface area contributed by atoms with Crippen LogP contribution >= 0.6 is 0 Å². The van der Waals surface area contributed by atoms with Gasteiger partial charge in [0.2, 0.25) is 0 Å². The van der Waals surface area contributed by atoms with E-state index < -0.39 is 12.1 Å². The first kappa shape index (κ1) is 18.4. The number of methoxy groups -OCH3 is 1. The second-order valence-electron chi connectivity index (χ2n) is 4.74. The van der Waals surface area contributed by atoms with Gasteiger partial charge in [0.1, 0.15) is 5.75 Å². The Bertz CT molecular complexity index is 442. The van der Waals surface area contributed by atoms with Crippen LogP contribution < -0.4 is 4.74 Å². The van der Waals surface area contributed by atoms with Gasteiger partial charge in [0.05, 0.1) is 19.8 Å². The molecule has 1 unspecified atom stereocenters. The van der Waals surface area contributed by atoms with E-state index >= 15 is 0 Å². The molecule has 1 aliphatic heterocycles. The number of carbonyl (C=O) groups excluding carboxylic acids is 1. The SMILES string of the molecule is CCOC(=O)C(O)c1ccccc1OC.OC1CCOCC1. The lowest BCUT2D eigenvalue weighted by atomic mass is 10.1. The molecule has 2 rings (SSSR count). The van der Waals surface area contributed by atoms with Crippen LogP contribution in [-0.2, 0) is 14.3 Å². The van der Waals surface area contributed by atoms with E-state index in [-0.39, 0.29) is 12.7 Å². The third kappa shape index (κ3) is 6.01. The zero-order valence-electron chi connectivity index (χ0n) is 13.0. The molecule has 0 aliphatic carbocycles. The number of hydrogen-bond acceptors (Lipinski definition) is 6. The average Bonchev–Trinajstić information content (AvgIpc) is 2.55. The highest BCUT2D eigenvalue weighted by molar-refractivity contribution is 5.77. The van der Waals surface area contributed by atoms with Crippen molar-refractivity contribution in [1.29, 1.82) is 0 Å². The van der Waals surface area contributed by atoms with Crippen LogP contribution in [0.3, 0.4) is 0 Å². The van der Waals surface area contributed by atoms with E-state index in [1.54, 1.807) is 31.2 Å². The molecule has 6 nitrogen and oxygen atoms in total. The maximum Gasteiger partial charge on any atom is 0.339 e. The van der Waals surface area contributed by atoms with Crippen molar-refractivity contribution < 1.29 is 29.2 Å². The molecule has 0 saturated carbocycles. The molecular weight excluding hydrogens is 288 g/mol. The van der Waals surface area contributed by atoms with Gasteiger partial charge in [-0.1, -0.05) is 18.2 Å². The lowest BCUT2D eigenvalue weighted by Gasteiger charge is -2.15. The third-order valence-electron chi connectivity index (χ3n) is 3.13. The fraction of sp³-hybridized carbons (Fsp3) is 0.562. The van der Waals surface area contributed by atoms with Crippen LogP contribution in [0.4, 0.5) is 0 Å². The Morgan fingerprint density at radius 1 is 1.36 bits per heavy atom. The summed E-state index contributed by atoms with van der Waals surface area (Å²) in [6.45, 7) is 3.40. The van der Waals surface area contributed by atoms with Gasteiger partial charge < -0.3 is 24.4 Å². The number of aliphatic hydroxyl groups excluding tert-OH is 2. The molecule has 1 fully saturated rings. The Hall–Kier alpha value is -1.63. The summed E-state index contributed by atoms with van der Waals surface area (Å²) in [7, 11) is 1.48. The van der Waals surface area contributed by atoms with Gasteiger partial charge in [-0.15, -0.1) is 0 Å². The number of rotatable bonds is 4. The van der Waals surface area contributed by atoms with Crippen LogP contribution in [0.25, 0.3) is 0 Å². The van der Waals surface area contributed by atoms with Gasteiger partial charge in [0.25, 0.3) is 0 Å². The Balaban J connectivity index is 0.000000287. The molecule has 22 heavy (non-hydrogen) atoms. The first-order chi connectivity index (χ1) is 10.6. The molecule has 0 radical (unpaired) electrons. The van der Waals surface area contributed by atoms with Crippen molar-refractivity contribution in [2.45, 2.75) is 32.0 Å². The van der Waals surface area contributed by atoms with E-state index in [1.165, 1.54) is 7.11 Å². The van der Waals surface area contributed by atoms with Crippen molar-refractivity contribution in [3.8, 4) is 5.75 Å². The topological polar surface area (TPSA) is 85.2 Å². The molecule has 6 heteroatoms. The number of benzene rings is 1. The second-order valence-corrected chi connectivity index (χ2v) is 4.74. The maximum absolute atomic E-state index is 11.3. The molecule has 0 aromatic heterocycles. The lowest BCUT2D eigenvalue weighted by Crippen LogP contribution is -2.19. The second kappa shape index (κ2) is 10.2. The highest BCUT2D eigenvalue weighted by Gasteiger charge is 2.21. The molecule has 1 saturated heterocycles. The van der Waals surface area contributed by atoms with Crippen LogP contribution in [-0.4, -0.2) is 49.2 Å². The Morgan fingerprint density at radius 3 is 2.50 bits per heavy atom. The molecule has 0 bridgehead atoms. The summed E-state index contributed by atoms with van der Waals surface area (Å²) in [5.74, 6) is -0.194.